The fraction of sp³-hybridized carbons (Fsp3) is 0.357. The fourth-order valence-corrected chi connectivity index (χ4v) is 2.26. The highest BCUT2D eigenvalue weighted by Crippen LogP contribution is 2.07. The van der Waals surface area contributed by atoms with E-state index in [2.05, 4.69) is 63.3 Å². The Morgan fingerprint density at radius 3 is 2.72 bits per heavy atom. The van der Waals surface area contributed by atoms with E-state index in [4.69, 9.17) is 0 Å². The Kier molecular flexibility index (Phi) is 4.96. The lowest BCUT2D eigenvalue weighted by atomic mass is 10.1. The van der Waals surface area contributed by atoms with Crippen molar-refractivity contribution in [1.82, 2.24) is 14.7 Å². The average Bonchev–Trinajstić information content (AvgIpc) is 2.76. The van der Waals surface area contributed by atoms with Crippen LogP contribution >= 0.6 is 15.9 Å². The first-order chi connectivity index (χ1) is 8.74. The van der Waals surface area contributed by atoms with Gasteiger partial charge in [-0.25, -0.2) is 0 Å². The summed E-state index contributed by atoms with van der Waals surface area (Å²) in [5, 5.41) is 4.25. The van der Waals surface area contributed by atoms with Crippen molar-refractivity contribution in [3.05, 3.63) is 52.8 Å². The van der Waals surface area contributed by atoms with E-state index in [9.17, 15) is 0 Å². The van der Waals surface area contributed by atoms with Gasteiger partial charge >= 0.3 is 0 Å². The van der Waals surface area contributed by atoms with Gasteiger partial charge in [0, 0.05) is 6.20 Å². The van der Waals surface area contributed by atoms with Crippen LogP contribution in [0.25, 0.3) is 0 Å². The first-order valence-electron chi connectivity index (χ1n) is 6.14. The second kappa shape index (κ2) is 6.71. The second-order valence-corrected chi connectivity index (χ2v) is 5.42. The van der Waals surface area contributed by atoms with E-state index in [1.165, 1.54) is 12.0 Å². The predicted octanol–water partition coefficient (Wildman–Crippen LogP) is 3.17. The molecule has 4 heteroatoms. The molecule has 0 atom stereocenters. The zero-order chi connectivity index (χ0) is 12.8. The molecule has 0 saturated carbocycles. The van der Waals surface area contributed by atoms with Crippen LogP contribution in [0.15, 0.2) is 47.2 Å². The Bertz CT molecular complexity index is 467. The quantitative estimate of drug-likeness (QED) is 0.817. The highest BCUT2D eigenvalue weighted by atomic mass is 79.9. The van der Waals surface area contributed by atoms with Crippen molar-refractivity contribution < 1.29 is 0 Å². The summed E-state index contributed by atoms with van der Waals surface area (Å²) in [5.41, 5.74) is 1.41. The molecular weight excluding hydrogens is 290 g/mol. The minimum atomic E-state index is 0.834. The summed E-state index contributed by atoms with van der Waals surface area (Å²) >= 11 is 3.40. The van der Waals surface area contributed by atoms with Gasteiger partial charge in [-0.3, -0.25) is 9.58 Å². The second-order valence-electron chi connectivity index (χ2n) is 4.51. The van der Waals surface area contributed by atoms with E-state index in [0.717, 1.165) is 24.1 Å². The summed E-state index contributed by atoms with van der Waals surface area (Å²) in [6.45, 7) is 1.91. The van der Waals surface area contributed by atoms with E-state index < -0.39 is 0 Å². The maximum atomic E-state index is 4.25. The molecule has 0 radical (unpaired) electrons. The van der Waals surface area contributed by atoms with Crippen molar-refractivity contribution in [3.63, 3.8) is 0 Å². The van der Waals surface area contributed by atoms with E-state index >= 15 is 0 Å². The van der Waals surface area contributed by atoms with Crippen molar-refractivity contribution >= 4 is 15.9 Å². The molecule has 0 amide bonds. The molecular formula is C14H18BrN3. The Morgan fingerprint density at radius 2 is 2.06 bits per heavy atom. The number of rotatable bonds is 6. The van der Waals surface area contributed by atoms with Crippen LogP contribution in [0.4, 0.5) is 0 Å². The highest BCUT2D eigenvalue weighted by Gasteiger charge is 2.01. The number of aryl methyl sites for hydroxylation is 1. The molecule has 0 N–H and O–H groups in total. The molecule has 2 aromatic rings. The maximum Gasteiger partial charge on any atom is 0.0926 e. The standard InChI is InChI=1S/C14H18BrN3/c1-17(12-18-11-14(15)10-16-18)9-5-8-13-6-3-2-4-7-13/h2-4,6-7,10-11H,5,8-9,12H2,1H3. The minimum absolute atomic E-state index is 0.834. The summed E-state index contributed by atoms with van der Waals surface area (Å²) < 4.78 is 2.97. The molecule has 0 aliphatic heterocycles. The fourth-order valence-electron chi connectivity index (χ4n) is 1.93. The summed E-state index contributed by atoms with van der Waals surface area (Å²) in [6, 6.07) is 10.6. The van der Waals surface area contributed by atoms with Gasteiger partial charge in [0.2, 0.25) is 0 Å². The van der Waals surface area contributed by atoms with Crippen molar-refractivity contribution in [1.29, 1.82) is 0 Å². The Morgan fingerprint density at radius 1 is 1.28 bits per heavy atom. The topological polar surface area (TPSA) is 21.1 Å². The lowest BCUT2D eigenvalue weighted by Crippen LogP contribution is -2.23. The molecule has 2 rings (SSSR count). The van der Waals surface area contributed by atoms with E-state index in [-0.39, 0.29) is 0 Å². The minimum Gasteiger partial charge on any atom is -0.288 e. The zero-order valence-corrected chi connectivity index (χ0v) is 12.2. The zero-order valence-electron chi connectivity index (χ0n) is 10.6. The van der Waals surface area contributed by atoms with Crippen LogP contribution in [0.1, 0.15) is 12.0 Å². The number of hydrogen-bond acceptors (Lipinski definition) is 2. The van der Waals surface area contributed by atoms with Crippen LogP contribution in [-0.4, -0.2) is 28.3 Å². The molecule has 3 nitrogen and oxygen atoms in total. The smallest absolute Gasteiger partial charge is 0.0926 e. The third-order valence-electron chi connectivity index (χ3n) is 2.84. The summed E-state index contributed by atoms with van der Waals surface area (Å²) in [7, 11) is 2.13. The van der Waals surface area contributed by atoms with Crippen LogP contribution in [0.2, 0.25) is 0 Å². The number of hydrogen-bond donors (Lipinski definition) is 0. The Balaban J connectivity index is 1.70. The molecule has 0 fully saturated rings. The molecule has 96 valence electrons. The average molecular weight is 308 g/mol. The molecule has 0 spiro atoms. The Labute approximate surface area is 117 Å². The SMILES string of the molecule is CN(CCCc1ccccc1)Cn1cc(Br)cn1. The molecule has 18 heavy (non-hydrogen) atoms. The van der Waals surface area contributed by atoms with Gasteiger partial charge in [-0.2, -0.15) is 5.10 Å². The largest absolute Gasteiger partial charge is 0.288 e. The maximum absolute atomic E-state index is 4.25. The first-order valence-corrected chi connectivity index (χ1v) is 6.94. The van der Waals surface area contributed by atoms with Gasteiger partial charge in [0.15, 0.2) is 0 Å². The predicted molar refractivity (Wildman–Crippen MR) is 77.3 cm³/mol. The number of halogens is 1. The van der Waals surface area contributed by atoms with Crippen molar-refractivity contribution in [2.45, 2.75) is 19.5 Å². The van der Waals surface area contributed by atoms with Crippen molar-refractivity contribution in [2.24, 2.45) is 0 Å². The third-order valence-corrected chi connectivity index (χ3v) is 3.25. The molecule has 0 bridgehead atoms. The monoisotopic (exact) mass is 307 g/mol. The van der Waals surface area contributed by atoms with Gasteiger partial charge in [0.05, 0.1) is 17.3 Å². The molecule has 0 unspecified atom stereocenters. The van der Waals surface area contributed by atoms with Gasteiger partial charge in [-0.15, -0.1) is 0 Å². The molecule has 1 aromatic heterocycles. The van der Waals surface area contributed by atoms with Crippen molar-refractivity contribution in [2.75, 3.05) is 13.6 Å². The lowest BCUT2D eigenvalue weighted by molar-refractivity contribution is 0.251. The van der Waals surface area contributed by atoms with Crippen LogP contribution in [0.3, 0.4) is 0 Å². The number of nitrogens with zero attached hydrogens (tertiary/aromatic N) is 3. The van der Waals surface area contributed by atoms with Crippen LogP contribution in [-0.2, 0) is 13.1 Å². The third kappa shape index (κ3) is 4.27. The summed E-state index contributed by atoms with van der Waals surface area (Å²) in [6.07, 6.45) is 6.11. The van der Waals surface area contributed by atoms with Crippen LogP contribution < -0.4 is 0 Å². The molecule has 1 heterocycles. The van der Waals surface area contributed by atoms with Crippen LogP contribution in [0, 0.1) is 0 Å². The Hall–Kier alpha value is -1.13. The highest BCUT2D eigenvalue weighted by molar-refractivity contribution is 9.10. The normalized spacial score (nSPS) is 11.1. The van der Waals surface area contributed by atoms with Gasteiger partial charge < -0.3 is 0 Å². The van der Waals surface area contributed by atoms with Crippen molar-refractivity contribution in [3.8, 4) is 0 Å². The van der Waals surface area contributed by atoms with Gasteiger partial charge in [-0.05, 0) is 47.9 Å². The number of benzene rings is 1. The summed E-state index contributed by atoms with van der Waals surface area (Å²) in [5.74, 6) is 0. The number of aromatic nitrogens is 2. The van der Waals surface area contributed by atoms with E-state index in [0.29, 0.717) is 0 Å². The van der Waals surface area contributed by atoms with Gasteiger partial charge in [0.25, 0.3) is 0 Å². The first kappa shape index (κ1) is 13.3. The molecule has 1 aromatic carbocycles. The van der Waals surface area contributed by atoms with E-state index in [1.807, 2.05) is 17.1 Å². The van der Waals surface area contributed by atoms with Crippen LogP contribution in [0.5, 0.6) is 0 Å². The summed E-state index contributed by atoms with van der Waals surface area (Å²) in [4.78, 5) is 2.28. The molecule has 0 aliphatic carbocycles. The molecule has 0 saturated heterocycles. The lowest BCUT2D eigenvalue weighted by Gasteiger charge is -2.16. The molecule has 0 aliphatic rings. The van der Waals surface area contributed by atoms with E-state index in [1.54, 1.807) is 0 Å². The van der Waals surface area contributed by atoms with Gasteiger partial charge in [-0.1, -0.05) is 30.3 Å². The van der Waals surface area contributed by atoms with Gasteiger partial charge in [0.1, 0.15) is 0 Å².